The van der Waals surface area contributed by atoms with Gasteiger partial charge >= 0.3 is 5.97 Å². The molecule has 0 saturated carbocycles. The molecule has 0 bridgehead atoms. The Morgan fingerprint density at radius 1 is 1.19 bits per heavy atom. The van der Waals surface area contributed by atoms with Crippen molar-refractivity contribution in [3.8, 4) is 0 Å². The SMILES string of the molecule is CC(C)OC(=O)c1ccccc1C(C)(C)C. The second-order valence-corrected chi connectivity index (χ2v) is 5.25. The van der Waals surface area contributed by atoms with Gasteiger partial charge in [-0.2, -0.15) is 0 Å². The van der Waals surface area contributed by atoms with Crippen molar-refractivity contribution in [1.29, 1.82) is 0 Å². The molecular formula is C14H20O2. The van der Waals surface area contributed by atoms with Gasteiger partial charge in [0.25, 0.3) is 0 Å². The summed E-state index contributed by atoms with van der Waals surface area (Å²) in [5, 5.41) is 0. The van der Waals surface area contributed by atoms with E-state index in [1.165, 1.54) is 0 Å². The molecule has 0 atom stereocenters. The standard InChI is InChI=1S/C14H20O2/c1-10(2)16-13(15)11-8-6-7-9-12(11)14(3,4)5/h6-10H,1-5H3. The zero-order valence-electron chi connectivity index (χ0n) is 10.7. The smallest absolute Gasteiger partial charge is 0.338 e. The van der Waals surface area contributed by atoms with Gasteiger partial charge in [-0.25, -0.2) is 4.79 Å². The average molecular weight is 220 g/mol. The zero-order valence-corrected chi connectivity index (χ0v) is 10.7. The van der Waals surface area contributed by atoms with Crippen molar-refractivity contribution in [2.45, 2.75) is 46.1 Å². The van der Waals surface area contributed by atoms with Crippen LogP contribution >= 0.6 is 0 Å². The Hall–Kier alpha value is -1.31. The van der Waals surface area contributed by atoms with Gasteiger partial charge in [-0.05, 0) is 30.9 Å². The minimum atomic E-state index is -0.236. The Morgan fingerprint density at radius 3 is 2.25 bits per heavy atom. The summed E-state index contributed by atoms with van der Waals surface area (Å²) in [5.74, 6) is -0.236. The Bertz CT molecular complexity index is 373. The first-order valence-electron chi connectivity index (χ1n) is 5.63. The van der Waals surface area contributed by atoms with E-state index in [-0.39, 0.29) is 17.5 Å². The first-order chi connectivity index (χ1) is 7.32. The highest BCUT2D eigenvalue weighted by Crippen LogP contribution is 2.26. The van der Waals surface area contributed by atoms with Crippen LogP contribution in [0.5, 0.6) is 0 Å². The molecule has 0 fully saturated rings. The third kappa shape index (κ3) is 3.09. The first kappa shape index (κ1) is 12.8. The third-order valence-electron chi connectivity index (χ3n) is 2.30. The number of carbonyl (C=O) groups excluding carboxylic acids is 1. The number of carbonyl (C=O) groups is 1. The number of hydrogen-bond donors (Lipinski definition) is 0. The molecule has 2 nitrogen and oxygen atoms in total. The predicted octanol–water partition coefficient (Wildman–Crippen LogP) is 3.55. The number of ether oxygens (including phenoxy) is 1. The van der Waals surface area contributed by atoms with E-state index in [2.05, 4.69) is 20.8 Å². The van der Waals surface area contributed by atoms with Crippen LogP contribution in [0.1, 0.15) is 50.5 Å². The second kappa shape index (κ2) is 4.69. The van der Waals surface area contributed by atoms with E-state index >= 15 is 0 Å². The van der Waals surface area contributed by atoms with Gasteiger partial charge in [-0.15, -0.1) is 0 Å². The molecule has 0 N–H and O–H groups in total. The lowest BCUT2D eigenvalue weighted by Gasteiger charge is -2.22. The van der Waals surface area contributed by atoms with Crippen molar-refractivity contribution in [2.75, 3.05) is 0 Å². The average Bonchev–Trinajstić information content (AvgIpc) is 2.15. The van der Waals surface area contributed by atoms with E-state index in [9.17, 15) is 4.79 Å². The van der Waals surface area contributed by atoms with Gasteiger partial charge in [0.05, 0.1) is 11.7 Å². The van der Waals surface area contributed by atoms with E-state index in [1.54, 1.807) is 0 Å². The molecule has 0 unspecified atom stereocenters. The molecule has 1 rings (SSSR count). The fourth-order valence-electron chi connectivity index (χ4n) is 1.59. The Balaban J connectivity index is 3.09. The van der Waals surface area contributed by atoms with E-state index in [0.29, 0.717) is 5.56 Å². The summed E-state index contributed by atoms with van der Waals surface area (Å²) in [6.45, 7) is 9.99. The Labute approximate surface area is 97.6 Å². The van der Waals surface area contributed by atoms with Crippen LogP contribution in [0, 0.1) is 0 Å². The van der Waals surface area contributed by atoms with Gasteiger partial charge in [0, 0.05) is 0 Å². The van der Waals surface area contributed by atoms with Crippen LogP contribution < -0.4 is 0 Å². The van der Waals surface area contributed by atoms with Crippen molar-refractivity contribution in [1.82, 2.24) is 0 Å². The van der Waals surface area contributed by atoms with E-state index in [1.807, 2.05) is 38.1 Å². The van der Waals surface area contributed by atoms with Crippen molar-refractivity contribution in [3.63, 3.8) is 0 Å². The monoisotopic (exact) mass is 220 g/mol. The lowest BCUT2D eigenvalue weighted by molar-refractivity contribution is 0.0375. The summed E-state index contributed by atoms with van der Waals surface area (Å²) >= 11 is 0. The minimum absolute atomic E-state index is 0.0490. The van der Waals surface area contributed by atoms with Crippen molar-refractivity contribution in [3.05, 3.63) is 35.4 Å². The zero-order chi connectivity index (χ0) is 12.3. The Morgan fingerprint density at radius 2 is 1.75 bits per heavy atom. The highest BCUT2D eigenvalue weighted by atomic mass is 16.5. The van der Waals surface area contributed by atoms with Gasteiger partial charge in [0.2, 0.25) is 0 Å². The maximum Gasteiger partial charge on any atom is 0.338 e. The highest BCUT2D eigenvalue weighted by molar-refractivity contribution is 5.91. The molecule has 0 spiro atoms. The second-order valence-electron chi connectivity index (χ2n) is 5.25. The maximum absolute atomic E-state index is 11.9. The molecule has 0 aliphatic rings. The summed E-state index contributed by atoms with van der Waals surface area (Å²) in [5.41, 5.74) is 1.65. The quantitative estimate of drug-likeness (QED) is 0.712. The molecule has 0 saturated heterocycles. The molecule has 0 heterocycles. The summed E-state index contributed by atoms with van der Waals surface area (Å²) in [6, 6.07) is 7.63. The number of benzene rings is 1. The van der Waals surface area contributed by atoms with Crippen molar-refractivity contribution < 1.29 is 9.53 Å². The highest BCUT2D eigenvalue weighted by Gasteiger charge is 2.22. The largest absolute Gasteiger partial charge is 0.459 e. The summed E-state index contributed by atoms with van der Waals surface area (Å²) in [4.78, 5) is 11.9. The number of rotatable bonds is 2. The fraction of sp³-hybridized carbons (Fsp3) is 0.500. The van der Waals surface area contributed by atoms with Crippen LogP contribution in [0.3, 0.4) is 0 Å². The third-order valence-corrected chi connectivity index (χ3v) is 2.30. The lowest BCUT2D eigenvalue weighted by atomic mass is 9.84. The molecule has 0 aromatic heterocycles. The minimum Gasteiger partial charge on any atom is -0.459 e. The van der Waals surface area contributed by atoms with Gasteiger partial charge in [0.15, 0.2) is 0 Å². The molecule has 2 heteroatoms. The number of hydrogen-bond acceptors (Lipinski definition) is 2. The normalized spacial score (nSPS) is 11.6. The summed E-state index contributed by atoms with van der Waals surface area (Å²) in [7, 11) is 0. The van der Waals surface area contributed by atoms with Crippen molar-refractivity contribution >= 4 is 5.97 Å². The predicted molar refractivity (Wildman–Crippen MR) is 65.7 cm³/mol. The topological polar surface area (TPSA) is 26.3 Å². The van der Waals surface area contributed by atoms with Crippen LogP contribution in [0.4, 0.5) is 0 Å². The molecule has 88 valence electrons. The van der Waals surface area contributed by atoms with E-state index in [4.69, 9.17) is 4.74 Å². The lowest BCUT2D eigenvalue weighted by Crippen LogP contribution is -2.19. The van der Waals surface area contributed by atoms with Crippen LogP contribution in [-0.4, -0.2) is 12.1 Å². The van der Waals surface area contributed by atoms with E-state index in [0.717, 1.165) is 5.56 Å². The fourth-order valence-corrected chi connectivity index (χ4v) is 1.59. The van der Waals surface area contributed by atoms with Crippen LogP contribution in [0.25, 0.3) is 0 Å². The summed E-state index contributed by atoms with van der Waals surface area (Å²) in [6.07, 6.45) is -0.0828. The van der Waals surface area contributed by atoms with E-state index < -0.39 is 0 Å². The molecule has 1 aromatic carbocycles. The molecule has 0 aliphatic heterocycles. The first-order valence-corrected chi connectivity index (χ1v) is 5.63. The van der Waals surface area contributed by atoms with Gasteiger partial charge < -0.3 is 4.74 Å². The van der Waals surface area contributed by atoms with Crippen LogP contribution in [0.2, 0.25) is 0 Å². The maximum atomic E-state index is 11.9. The molecule has 0 aliphatic carbocycles. The summed E-state index contributed by atoms with van der Waals surface area (Å²) < 4.78 is 5.23. The molecule has 0 amide bonds. The van der Waals surface area contributed by atoms with Gasteiger partial charge in [-0.1, -0.05) is 39.0 Å². The van der Waals surface area contributed by atoms with Gasteiger partial charge in [-0.3, -0.25) is 0 Å². The van der Waals surface area contributed by atoms with Gasteiger partial charge in [0.1, 0.15) is 0 Å². The molecule has 0 radical (unpaired) electrons. The molecular weight excluding hydrogens is 200 g/mol. The van der Waals surface area contributed by atoms with Crippen LogP contribution in [-0.2, 0) is 10.2 Å². The molecule has 16 heavy (non-hydrogen) atoms. The van der Waals surface area contributed by atoms with Crippen LogP contribution in [0.15, 0.2) is 24.3 Å². The Kier molecular flexibility index (Phi) is 3.74. The number of esters is 1. The van der Waals surface area contributed by atoms with Crippen molar-refractivity contribution in [2.24, 2.45) is 0 Å². The molecule has 1 aromatic rings.